The number of amides is 1. The number of hydrogen-bond acceptors (Lipinski definition) is 3. The van der Waals surface area contributed by atoms with Gasteiger partial charge in [0.2, 0.25) is 5.88 Å². The van der Waals surface area contributed by atoms with E-state index in [0.717, 1.165) is 10.9 Å². The van der Waals surface area contributed by atoms with Gasteiger partial charge in [-0.15, -0.1) is 0 Å². The van der Waals surface area contributed by atoms with Gasteiger partial charge in [-0.05, 0) is 24.3 Å². The number of fused-ring (bicyclic) bond motifs is 1. The second kappa shape index (κ2) is 5.46. The summed E-state index contributed by atoms with van der Waals surface area (Å²) in [6.07, 6.45) is 1.53. The van der Waals surface area contributed by atoms with Crippen molar-refractivity contribution in [2.75, 3.05) is 12.4 Å². The van der Waals surface area contributed by atoms with Crippen molar-refractivity contribution in [2.24, 2.45) is 0 Å². The van der Waals surface area contributed by atoms with E-state index in [9.17, 15) is 4.79 Å². The Morgan fingerprint density at radius 3 is 2.86 bits per heavy atom. The van der Waals surface area contributed by atoms with Crippen molar-refractivity contribution in [3.8, 4) is 5.88 Å². The van der Waals surface area contributed by atoms with Crippen LogP contribution in [-0.2, 0) is 0 Å². The number of methoxy groups -OCH3 is 1. The number of aromatic amines is 1. The highest BCUT2D eigenvalue weighted by Crippen LogP contribution is 2.24. The Morgan fingerprint density at radius 2 is 2.19 bits per heavy atom. The van der Waals surface area contributed by atoms with E-state index in [-0.39, 0.29) is 5.91 Å². The first kappa shape index (κ1) is 13.5. The Balaban J connectivity index is 1.84. The van der Waals surface area contributed by atoms with E-state index in [2.05, 4.69) is 15.3 Å². The molecule has 0 radical (unpaired) electrons. The Hall–Kier alpha value is -2.53. The number of rotatable bonds is 3. The third-order valence-electron chi connectivity index (χ3n) is 3.06. The van der Waals surface area contributed by atoms with E-state index in [1.54, 1.807) is 24.3 Å². The van der Waals surface area contributed by atoms with E-state index >= 15 is 0 Å². The van der Waals surface area contributed by atoms with Crippen LogP contribution < -0.4 is 10.1 Å². The SMILES string of the molecule is COc1ccc(NC(=O)c2cc3c(Cl)cccc3[nH]2)cn1. The molecule has 0 aliphatic rings. The number of H-pyrrole nitrogens is 1. The van der Waals surface area contributed by atoms with Gasteiger partial charge in [0.25, 0.3) is 5.91 Å². The Bertz CT molecular complexity index is 796. The summed E-state index contributed by atoms with van der Waals surface area (Å²) in [6, 6.07) is 10.6. The number of aromatic nitrogens is 2. The fourth-order valence-electron chi connectivity index (χ4n) is 2.01. The van der Waals surface area contributed by atoms with Crippen LogP contribution in [0.5, 0.6) is 5.88 Å². The number of ether oxygens (including phenoxy) is 1. The first-order valence-corrected chi connectivity index (χ1v) is 6.64. The van der Waals surface area contributed by atoms with Crippen LogP contribution in [0.3, 0.4) is 0 Å². The molecule has 3 rings (SSSR count). The molecule has 0 aliphatic heterocycles. The molecule has 2 heterocycles. The number of carbonyl (C=O) groups excluding carboxylic acids is 1. The Kier molecular flexibility index (Phi) is 3.50. The number of anilines is 1. The first-order valence-electron chi connectivity index (χ1n) is 6.26. The highest BCUT2D eigenvalue weighted by molar-refractivity contribution is 6.35. The van der Waals surface area contributed by atoms with Crippen LogP contribution >= 0.6 is 11.6 Å². The second-order valence-electron chi connectivity index (χ2n) is 4.43. The van der Waals surface area contributed by atoms with Crippen molar-refractivity contribution in [3.63, 3.8) is 0 Å². The molecule has 6 heteroatoms. The number of benzene rings is 1. The summed E-state index contributed by atoms with van der Waals surface area (Å²) in [5.74, 6) is 0.236. The fourth-order valence-corrected chi connectivity index (χ4v) is 2.24. The number of pyridine rings is 1. The predicted octanol–water partition coefficient (Wildman–Crippen LogP) is 3.48. The Labute approximate surface area is 125 Å². The van der Waals surface area contributed by atoms with Crippen molar-refractivity contribution < 1.29 is 9.53 Å². The molecule has 21 heavy (non-hydrogen) atoms. The van der Waals surface area contributed by atoms with E-state index in [1.807, 2.05) is 12.1 Å². The van der Waals surface area contributed by atoms with E-state index in [4.69, 9.17) is 16.3 Å². The molecule has 106 valence electrons. The minimum Gasteiger partial charge on any atom is -0.481 e. The van der Waals surface area contributed by atoms with Crippen LogP contribution in [0.2, 0.25) is 5.02 Å². The molecule has 1 aromatic carbocycles. The van der Waals surface area contributed by atoms with E-state index < -0.39 is 0 Å². The number of hydrogen-bond donors (Lipinski definition) is 2. The molecule has 0 bridgehead atoms. The highest BCUT2D eigenvalue weighted by atomic mass is 35.5. The zero-order chi connectivity index (χ0) is 14.8. The van der Waals surface area contributed by atoms with Gasteiger partial charge in [0.1, 0.15) is 5.69 Å². The van der Waals surface area contributed by atoms with Gasteiger partial charge in [0.15, 0.2) is 0 Å². The molecule has 5 nitrogen and oxygen atoms in total. The molecule has 0 fully saturated rings. The third kappa shape index (κ3) is 2.68. The zero-order valence-corrected chi connectivity index (χ0v) is 11.9. The average molecular weight is 302 g/mol. The quantitative estimate of drug-likeness (QED) is 0.778. The van der Waals surface area contributed by atoms with E-state index in [0.29, 0.717) is 22.3 Å². The van der Waals surface area contributed by atoms with E-state index in [1.165, 1.54) is 13.3 Å². The van der Waals surface area contributed by atoms with Gasteiger partial charge in [0, 0.05) is 22.0 Å². The van der Waals surface area contributed by atoms with Crippen LogP contribution in [0.25, 0.3) is 10.9 Å². The van der Waals surface area contributed by atoms with Crippen LogP contribution in [0, 0.1) is 0 Å². The molecule has 0 saturated heterocycles. The normalized spacial score (nSPS) is 10.6. The van der Waals surface area contributed by atoms with Gasteiger partial charge < -0.3 is 15.0 Å². The molecule has 0 atom stereocenters. The Morgan fingerprint density at radius 1 is 1.33 bits per heavy atom. The van der Waals surface area contributed by atoms with Crippen LogP contribution in [-0.4, -0.2) is 23.0 Å². The molecule has 0 unspecified atom stereocenters. The summed E-state index contributed by atoms with van der Waals surface area (Å²) in [4.78, 5) is 19.3. The summed E-state index contributed by atoms with van der Waals surface area (Å²) in [5, 5.41) is 4.18. The molecule has 2 aromatic heterocycles. The van der Waals surface area contributed by atoms with Gasteiger partial charge in [-0.25, -0.2) is 4.98 Å². The summed E-state index contributed by atoms with van der Waals surface area (Å²) < 4.78 is 4.97. The average Bonchev–Trinajstić information content (AvgIpc) is 2.94. The topological polar surface area (TPSA) is 67.0 Å². The minimum atomic E-state index is -0.255. The molecular weight excluding hydrogens is 290 g/mol. The van der Waals surface area contributed by atoms with Crippen molar-refractivity contribution in [1.29, 1.82) is 0 Å². The lowest BCUT2D eigenvalue weighted by Crippen LogP contribution is -2.12. The maximum Gasteiger partial charge on any atom is 0.272 e. The molecule has 1 amide bonds. The highest BCUT2D eigenvalue weighted by Gasteiger charge is 2.11. The molecular formula is C15H12ClN3O2. The first-order chi connectivity index (χ1) is 10.2. The fraction of sp³-hybridized carbons (Fsp3) is 0.0667. The van der Waals surface area contributed by atoms with Gasteiger partial charge >= 0.3 is 0 Å². The molecule has 0 spiro atoms. The summed E-state index contributed by atoms with van der Waals surface area (Å²) in [7, 11) is 1.54. The van der Waals surface area contributed by atoms with Crippen molar-refractivity contribution in [2.45, 2.75) is 0 Å². The third-order valence-corrected chi connectivity index (χ3v) is 3.39. The smallest absolute Gasteiger partial charge is 0.272 e. The summed E-state index contributed by atoms with van der Waals surface area (Å²) >= 11 is 6.09. The summed E-state index contributed by atoms with van der Waals surface area (Å²) in [5.41, 5.74) is 1.85. The maximum absolute atomic E-state index is 12.2. The number of nitrogens with zero attached hydrogens (tertiary/aromatic N) is 1. The maximum atomic E-state index is 12.2. The number of nitrogens with one attached hydrogen (secondary N) is 2. The minimum absolute atomic E-state index is 0.255. The second-order valence-corrected chi connectivity index (χ2v) is 4.83. The molecule has 0 saturated carbocycles. The standard InChI is InChI=1S/C15H12ClN3O2/c1-21-14-6-5-9(8-17-14)18-15(20)13-7-10-11(16)3-2-4-12(10)19-13/h2-8,19H,1H3,(H,18,20). The van der Waals surface area contributed by atoms with Crippen molar-refractivity contribution in [3.05, 3.63) is 53.3 Å². The number of carbonyl (C=O) groups is 1. The van der Waals surface area contributed by atoms with Gasteiger partial charge in [-0.3, -0.25) is 4.79 Å². The summed E-state index contributed by atoms with van der Waals surface area (Å²) in [6.45, 7) is 0. The molecule has 2 N–H and O–H groups in total. The monoisotopic (exact) mass is 301 g/mol. The lowest BCUT2D eigenvalue weighted by molar-refractivity contribution is 0.102. The largest absolute Gasteiger partial charge is 0.481 e. The number of halogens is 1. The lowest BCUT2D eigenvalue weighted by atomic mass is 10.2. The lowest BCUT2D eigenvalue weighted by Gasteiger charge is -2.04. The molecule has 0 aliphatic carbocycles. The molecule has 3 aromatic rings. The van der Waals surface area contributed by atoms with Crippen molar-refractivity contribution in [1.82, 2.24) is 9.97 Å². The van der Waals surface area contributed by atoms with Crippen LogP contribution in [0.15, 0.2) is 42.6 Å². The van der Waals surface area contributed by atoms with Gasteiger partial charge in [-0.1, -0.05) is 17.7 Å². The zero-order valence-electron chi connectivity index (χ0n) is 11.2. The van der Waals surface area contributed by atoms with Gasteiger partial charge in [0.05, 0.1) is 19.0 Å². The predicted molar refractivity (Wildman–Crippen MR) is 82.1 cm³/mol. The van der Waals surface area contributed by atoms with Crippen LogP contribution in [0.4, 0.5) is 5.69 Å². The van der Waals surface area contributed by atoms with Gasteiger partial charge in [-0.2, -0.15) is 0 Å². The van der Waals surface area contributed by atoms with Crippen LogP contribution in [0.1, 0.15) is 10.5 Å². The van der Waals surface area contributed by atoms with Crippen molar-refractivity contribution >= 4 is 34.1 Å².